The Balaban J connectivity index is 2.39. The fourth-order valence-electron chi connectivity index (χ4n) is 2.06. The molecule has 6 nitrogen and oxygen atoms in total. The highest BCUT2D eigenvalue weighted by Gasteiger charge is 2.26. The maximum Gasteiger partial charge on any atom is 0.248 e. The Hall–Kier alpha value is -1.14. The Bertz CT molecular complexity index is 288. The first-order chi connectivity index (χ1) is 8.60. The van der Waals surface area contributed by atoms with Gasteiger partial charge in [-0.05, 0) is 6.42 Å². The van der Waals surface area contributed by atoms with Crippen LogP contribution in [0.5, 0.6) is 0 Å². The molecule has 2 N–H and O–H groups in total. The van der Waals surface area contributed by atoms with E-state index in [9.17, 15) is 9.59 Å². The van der Waals surface area contributed by atoms with Gasteiger partial charge in [0, 0.05) is 33.3 Å². The molecular weight excluding hydrogens is 234 g/mol. The monoisotopic (exact) mass is 257 g/mol. The fraction of sp³-hybridized carbons (Fsp3) is 0.833. The highest BCUT2D eigenvalue weighted by molar-refractivity contribution is 5.82. The van der Waals surface area contributed by atoms with Gasteiger partial charge < -0.3 is 20.3 Å². The molecule has 1 heterocycles. The number of ether oxygens (including phenoxy) is 1. The Morgan fingerprint density at radius 1 is 1.22 bits per heavy atom. The highest BCUT2D eigenvalue weighted by Crippen LogP contribution is 2.06. The molecule has 1 aliphatic heterocycles. The minimum atomic E-state index is -0.406. The van der Waals surface area contributed by atoms with E-state index in [2.05, 4.69) is 0 Å². The maximum absolute atomic E-state index is 12.0. The van der Waals surface area contributed by atoms with Crippen molar-refractivity contribution in [2.75, 3.05) is 39.9 Å². The van der Waals surface area contributed by atoms with Crippen LogP contribution >= 0.6 is 0 Å². The quantitative estimate of drug-likeness (QED) is 0.715. The molecular formula is C12H23N3O3. The van der Waals surface area contributed by atoms with E-state index in [0.717, 1.165) is 6.42 Å². The molecule has 1 saturated heterocycles. The number of carbonyl (C=O) groups is 2. The first kappa shape index (κ1) is 14.9. The van der Waals surface area contributed by atoms with Gasteiger partial charge in [-0.1, -0.05) is 13.3 Å². The molecule has 0 aromatic rings. The lowest BCUT2D eigenvalue weighted by atomic mass is 10.1. The topological polar surface area (TPSA) is 75.9 Å². The zero-order valence-corrected chi connectivity index (χ0v) is 11.2. The van der Waals surface area contributed by atoms with E-state index >= 15 is 0 Å². The third-order valence-corrected chi connectivity index (χ3v) is 3.13. The zero-order chi connectivity index (χ0) is 13.5. The van der Waals surface area contributed by atoms with Crippen molar-refractivity contribution >= 4 is 11.8 Å². The van der Waals surface area contributed by atoms with E-state index in [-0.39, 0.29) is 18.4 Å². The molecule has 2 amide bonds. The second-order valence-corrected chi connectivity index (χ2v) is 4.53. The third-order valence-electron chi connectivity index (χ3n) is 3.13. The maximum atomic E-state index is 12.0. The highest BCUT2D eigenvalue weighted by atomic mass is 16.5. The van der Waals surface area contributed by atoms with Crippen molar-refractivity contribution in [3.8, 4) is 0 Å². The molecule has 1 aliphatic rings. The lowest BCUT2D eigenvalue weighted by molar-refractivity contribution is -0.142. The average molecular weight is 257 g/mol. The van der Waals surface area contributed by atoms with Crippen LogP contribution < -0.4 is 5.73 Å². The van der Waals surface area contributed by atoms with Crippen LogP contribution in [-0.4, -0.2) is 67.6 Å². The fourth-order valence-corrected chi connectivity index (χ4v) is 2.06. The number of nitrogens with two attached hydrogens (primary N) is 1. The van der Waals surface area contributed by atoms with Crippen LogP contribution in [0.2, 0.25) is 0 Å². The molecule has 1 fully saturated rings. The minimum absolute atomic E-state index is 0.00399. The Labute approximate surface area is 108 Å². The Morgan fingerprint density at radius 2 is 1.78 bits per heavy atom. The molecule has 1 rings (SSSR count). The van der Waals surface area contributed by atoms with E-state index in [4.69, 9.17) is 10.5 Å². The standard InChI is InChI=1S/C12H23N3O3/c1-3-4-10(13)12(17)15-7-5-14(6-8-15)11(16)9-18-2/h10H,3-9,13H2,1-2H3/t10-/m1/s1. The van der Waals surface area contributed by atoms with Gasteiger partial charge in [0.1, 0.15) is 6.61 Å². The predicted molar refractivity (Wildman–Crippen MR) is 67.9 cm³/mol. The van der Waals surface area contributed by atoms with Gasteiger partial charge in [0.2, 0.25) is 11.8 Å². The van der Waals surface area contributed by atoms with E-state index < -0.39 is 6.04 Å². The molecule has 104 valence electrons. The molecule has 6 heteroatoms. The van der Waals surface area contributed by atoms with Crippen molar-refractivity contribution in [2.45, 2.75) is 25.8 Å². The van der Waals surface area contributed by atoms with Gasteiger partial charge in [-0.15, -0.1) is 0 Å². The van der Waals surface area contributed by atoms with E-state index in [1.165, 1.54) is 7.11 Å². The van der Waals surface area contributed by atoms with Crippen molar-refractivity contribution in [1.82, 2.24) is 9.80 Å². The summed E-state index contributed by atoms with van der Waals surface area (Å²) in [4.78, 5) is 27.0. The summed E-state index contributed by atoms with van der Waals surface area (Å²) < 4.78 is 4.81. The third kappa shape index (κ3) is 3.96. The number of methoxy groups -OCH3 is 1. The molecule has 0 aromatic heterocycles. The number of nitrogens with zero attached hydrogens (tertiary/aromatic N) is 2. The van der Waals surface area contributed by atoms with Gasteiger partial charge in [-0.25, -0.2) is 0 Å². The van der Waals surface area contributed by atoms with Gasteiger partial charge in [0.15, 0.2) is 0 Å². The normalized spacial score (nSPS) is 17.7. The van der Waals surface area contributed by atoms with Gasteiger partial charge in [0.05, 0.1) is 6.04 Å². The molecule has 0 bridgehead atoms. The number of piperazine rings is 1. The molecule has 0 aromatic carbocycles. The lowest BCUT2D eigenvalue weighted by Crippen LogP contribution is -2.54. The first-order valence-electron chi connectivity index (χ1n) is 6.41. The van der Waals surface area contributed by atoms with E-state index in [1.54, 1.807) is 9.80 Å². The van der Waals surface area contributed by atoms with Gasteiger partial charge in [-0.3, -0.25) is 9.59 Å². The van der Waals surface area contributed by atoms with Gasteiger partial charge in [-0.2, -0.15) is 0 Å². The summed E-state index contributed by atoms with van der Waals surface area (Å²) in [5.41, 5.74) is 5.81. The van der Waals surface area contributed by atoms with Crippen LogP contribution in [-0.2, 0) is 14.3 Å². The summed E-state index contributed by atoms with van der Waals surface area (Å²) >= 11 is 0. The summed E-state index contributed by atoms with van der Waals surface area (Å²) in [6, 6.07) is -0.406. The van der Waals surface area contributed by atoms with E-state index in [1.807, 2.05) is 6.92 Å². The number of hydrogen-bond donors (Lipinski definition) is 1. The Morgan fingerprint density at radius 3 is 2.28 bits per heavy atom. The van der Waals surface area contributed by atoms with Crippen LogP contribution in [0.1, 0.15) is 19.8 Å². The second kappa shape index (κ2) is 7.33. The van der Waals surface area contributed by atoms with Crippen molar-refractivity contribution in [3.05, 3.63) is 0 Å². The van der Waals surface area contributed by atoms with Gasteiger partial charge >= 0.3 is 0 Å². The number of hydrogen-bond acceptors (Lipinski definition) is 4. The van der Waals surface area contributed by atoms with Crippen LogP contribution in [0.4, 0.5) is 0 Å². The summed E-state index contributed by atoms with van der Waals surface area (Å²) in [7, 11) is 1.50. The van der Waals surface area contributed by atoms with Crippen LogP contribution in [0, 0.1) is 0 Å². The number of amides is 2. The molecule has 1 atom stereocenters. The number of rotatable bonds is 5. The lowest BCUT2D eigenvalue weighted by Gasteiger charge is -2.35. The SMILES string of the molecule is CCC[C@@H](N)C(=O)N1CCN(C(=O)COC)CC1. The molecule has 0 aliphatic carbocycles. The largest absolute Gasteiger partial charge is 0.375 e. The minimum Gasteiger partial charge on any atom is -0.375 e. The first-order valence-corrected chi connectivity index (χ1v) is 6.41. The number of carbonyl (C=O) groups excluding carboxylic acids is 2. The summed E-state index contributed by atoms with van der Waals surface area (Å²) in [5, 5.41) is 0. The van der Waals surface area contributed by atoms with Gasteiger partial charge in [0.25, 0.3) is 0 Å². The van der Waals surface area contributed by atoms with Crippen molar-refractivity contribution in [3.63, 3.8) is 0 Å². The van der Waals surface area contributed by atoms with Crippen molar-refractivity contribution in [1.29, 1.82) is 0 Å². The predicted octanol–water partition coefficient (Wildman–Crippen LogP) is -0.569. The summed E-state index contributed by atoms with van der Waals surface area (Å²) in [6.45, 7) is 4.36. The van der Waals surface area contributed by atoms with Crippen molar-refractivity contribution < 1.29 is 14.3 Å². The van der Waals surface area contributed by atoms with Crippen LogP contribution in [0.25, 0.3) is 0 Å². The smallest absolute Gasteiger partial charge is 0.248 e. The Kier molecular flexibility index (Phi) is 6.07. The molecule has 18 heavy (non-hydrogen) atoms. The zero-order valence-electron chi connectivity index (χ0n) is 11.2. The summed E-state index contributed by atoms with van der Waals surface area (Å²) in [5.74, 6) is -0.0295. The van der Waals surface area contributed by atoms with Crippen molar-refractivity contribution in [2.24, 2.45) is 5.73 Å². The van der Waals surface area contributed by atoms with Crippen LogP contribution in [0.15, 0.2) is 0 Å². The molecule has 0 saturated carbocycles. The molecule has 0 unspecified atom stereocenters. The second-order valence-electron chi connectivity index (χ2n) is 4.53. The van der Waals surface area contributed by atoms with E-state index in [0.29, 0.717) is 32.6 Å². The summed E-state index contributed by atoms with van der Waals surface area (Å²) in [6.07, 6.45) is 1.61. The average Bonchev–Trinajstić information content (AvgIpc) is 2.38. The molecule has 0 spiro atoms. The molecule has 0 radical (unpaired) electrons. The van der Waals surface area contributed by atoms with Crippen LogP contribution in [0.3, 0.4) is 0 Å².